The van der Waals surface area contributed by atoms with Gasteiger partial charge in [-0.25, -0.2) is 0 Å². The molecule has 1 heterocycles. The van der Waals surface area contributed by atoms with Crippen LogP contribution in [0.15, 0.2) is 47.6 Å². The van der Waals surface area contributed by atoms with Gasteiger partial charge < -0.3 is 9.30 Å². The second-order valence-corrected chi connectivity index (χ2v) is 8.84. The molecule has 0 aliphatic heterocycles. The maximum absolute atomic E-state index is 6.29. The van der Waals surface area contributed by atoms with Crippen LogP contribution in [-0.4, -0.2) is 20.9 Å². The molecule has 0 atom stereocenters. The van der Waals surface area contributed by atoms with E-state index in [1.165, 1.54) is 12.8 Å². The molecular weight excluding hydrogens is 425 g/mol. The van der Waals surface area contributed by atoms with Crippen LogP contribution in [-0.2, 0) is 12.3 Å². The van der Waals surface area contributed by atoms with Gasteiger partial charge in [0.1, 0.15) is 5.75 Å². The van der Waals surface area contributed by atoms with Crippen LogP contribution in [0.25, 0.3) is 11.4 Å². The van der Waals surface area contributed by atoms with Gasteiger partial charge in [-0.2, -0.15) is 0 Å². The van der Waals surface area contributed by atoms with Gasteiger partial charge in [-0.3, -0.25) is 0 Å². The zero-order chi connectivity index (χ0) is 20.2. The molecule has 0 radical (unpaired) electrons. The lowest BCUT2D eigenvalue weighted by Gasteiger charge is -2.13. The molecule has 0 bridgehead atoms. The molecule has 1 aromatic heterocycles. The zero-order valence-corrected chi connectivity index (χ0v) is 18.6. The van der Waals surface area contributed by atoms with E-state index in [1.54, 1.807) is 11.8 Å². The van der Waals surface area contributed by atoms with Crippen LogP contribution in [0.1, 0.15) is 38.2 Å². The van der Waals surface area contributed by atoms with Crippen LogP contribution in [0, 0.1) is 0 Å². The number of nitrogens with zero attached hydrogens (tertiary/aromatic N) is 3. The van der Waals surface area contributed by atoms with Crippen molar-refractivity contribution in [3.63, 3.8) is 0 Å². The van der Waals surface area contributed by atoms with E-state index in [9.17, 15) is 0 Å². The van der Waals surface area contributed by atoms with Crippen LogP contribution in [0.4, 0.5) is 0 Å². The molecule has 3 aromatic rings. The first-order valence-electron chi connectivity index (χ1n) is 9.91. The van der Waals surface area contributed by atoms with Gasteiger partial charge in [0.2, 0.25) is 0 Å². The second kappa shape index (κ2) is 9.41. The molecule has 7 heteroatoms. The van der Waals surface area contributed by atoms with Crippen molar-refractivity contribution in [1.82, 2.24) is 14.8 Å². The predicted molar refractivity (Wildman–Crippen MR) is 120 cm³/mol. The molecule has 4 rings (SSSR count). The first kappa shape index (κ1) is 20.6. The van der Waals surface area contributed by atoms with Crippen LogP contribution < -0.4 is 4.74 Å². The molecule has 0 unspecified atom stereocenters. The van der Waals surface area contributed by atoms with Crippen LogP contribution in [0.3, 0.4) is 0 Å². The lowest BCUT2D eigenvalue weighted by Crippen LogP contribution is -2.10. The summed E-state index contributed by atoms with van der Waals surface area (Å²) < 4.78 is 8.18. The summed E-state index contributed by atoms with van der Waals surface area (Å²) in [5.41, 5.74) is 1.95. The summed E-state index contributed by atoms with van der Waals surface area (Å²) in [4.78, 5) is 0. The number of benzene rings is 2. The summed E-state index contributed by atoms with van der Waals surface area (Å²) in [6.45, 7) is 2.87. The molecule has 1 saturated carbocycles. The minimum atomic E-state index is 0.361. The molecule has 0 N–H and O–H groups in total. The topological polar surface area (TPSA) is 39.9 Å². The van der Waals surface area contributed by atoms with E-state index in [-0.39, 0.29) is 0 Å². The van der Waals surface area contributed by atoms with Crippen molar-refractivity contribution < 1.29 is 4.74 Å². The maximum Gasteiger partial charge on any atom is 0.191 e. The highest BCUT2D eigenvalue weighted by molar-refractivity contribution is 7.98. The van der Waals surface area contributed by atoms with Gasteiger partial charge in [0, 0.05) is 27.9 Å². The third-order valence-electron chi connectivity index (χ3n) is 5.16. The summed E-state index contributed by atoms with van der Waals surface area (Å²) in [6, 6.07) is 13.7. The van der Waals surface area contributed by atoms with E-state index in [0.29, 0.717) is 21.9 Å². The second-order valence-electron chi connectivity index (χ2n) is 7.09. The Labute approximate surface area is 185 Å². The van der Waals surface area contributed by atoms with Crippen molar-refractivity contribution in [3.8, 4) is 17.1 Å². The molecule has 1 aliphatic carbocycles. The van der Waals surface area contributed by atoms with Crippen molar-refractivity contribution in [1.29, 1.82) is 0 Å². The highest BCUT2D eigenvalue weighted by Gasteiger charge is 2.18. The summed E-state index contributed by atoms with van der Waals surface area (Å²) in [5, 5.41) is 11.0. The van der Waals surface area contributed by atoms with Gasteiger partial charge >= 0.3 is 0 Å². The summed E-state index contributed by atoms with van der Waals surface area (Å²) in [6.07, 6.45) is 5.20. The Hall–Kier alpha value is -1.69. The Balaban J connectivity index is 1.49. The van der Waals surface area contributed by atoms with Crippen molar-refractivity contribution in [2.75, 3.05) is 0 Å². The molecule has 29 heavy (non-hydrogen) atoms. The zero-order valence-electron chi connectivity index (χ0n) is 16.3. The van der Waals surface area contributed by atoms with Crippen molar-refractivity contribution in [3.05, 3.63) is 58.1 Å². The fourth-order valence-corrected chi connectivity index (χ4v) is 5.33. The van der Waals surface area contributed by atoms with Gasteiger partial charge in [0.15, 0.2) is 11.0 Å². The van der Waals surface area contributed by atoms with Crippen molar-refractivity contribution in [2.24, 2.45) is 0 Å². The normalized spacial score (nSPS) is 14.4. The van der Waals surface area contributed by atoms with Gasteiger partial charge in [-0.15, -0.1) is 10.2 Å². The number of halogens is 2. The third kappa shape index (κ3) is 4.73. The average Bonchev–Trinajstić information content (AvgIpc) is 3.38. The van der Waals surface area contributed by atoms with Crippen molar-refractivity contribution in [2.45, 2.75) is 56.2 Å². The Bertz CT molecular complexity index is 948. The molecular formula is C22H23Cl2N3OS. The predicted octanol–water partition coefficient (Wildman–Crippen LogP) is 6.89. The Kier molecular flexibility index (Phi) is 6.68. The number of ether oxygens (including phenoxy) is 1. The maximum atomic E-state index is 6.29. The number of aromatic nitrogens is 3. The monoisotopic (exact) mass is 447 g/mol. The summed E-state index contributed by atoms with van der Waals surface area (Å²) in [7, 11) is 0. The van der Waals surface area contributed by atoms with Crippen LogP contribution >= 0.6 is 35.0 Å². The van der Waals surface area contributed by atoms with E-state index >= 15 is 0 Å². The number of hydrogen-bond acceptors (Lipinski definition) is 4. The summed E-state index contributed by atoms with van der Waals surface area (Å²) in [5.74, 6) is 2.42. The van der Waals surface area contributed by atoms with Crippen molar-refractivity contribution >= 4 is 35.0 Å². The Morgan fingerprint density at radius 2 is 1.72 bits per heavy atom. The van der Waals surface area contributed by atoms with E-state index in [4.69, 9.17) is 27.9 Å². The standard InChI is InChI=1S/C22H23Cl2N3OS/c1-2-27-21(15-10-12-17(13-11-15)28-16-6-3-4-7-16)25-26-22(27)29-14-18-19(23)8-5-9-20(18)24/h5,8-13,16H,2-4,6-7,14H2,1H3. The molecule has 1 fully saturated rings. The van der Waals surface area contributed by atoms with Gasteiger partial charge in [-0.05, 0) is 74.6 Å². The Morgan fingerprint density at radius 3 is 2.38 bits per heavy atom. The number of rotatable bonds is 7. The smallest absolute Gasteiger partial charge is 0.191 e. The van der Waals surface area contributed by atoms with Crippen LogP contribution in [0.5, 0.6) is 5.75 Å². The molecule has 4 nitrogen and oxygen atoms in total. The van der Waals surface area contributed by atoms with Gasteiger partial charge in [0.05, 0.1) is 6.10 Å². The van der Waals surface area contributed by atoms with Gasteiger partial charge in [0.25, 0.3) is 0 Å². The highest BCUT2D eigenvalue weighted by atomic mass is 35.5. The SMILES string of the molecule is CCn1c(SCc2c(Cl)cccc2Cl)nnc1-c1ccc(OC2CCCC2)cc1. The molecule has 0 amide bonds. The van der Waals surface area contributed by atoms with E-state index < -0.39 is 0 Å². The number of thioether (sulfide) groups is 1. The molecule has 2 aromatic carbocycles. The molecule has 0 saturated heterocycles. The first-order chi connectivity index (χ1) is 14.2. The first-order valence-corrected chi connectivity index (χ1v) is 11.7. The Morgan fingerprint density at radius 1 is 1.03 bits per heavy atom. The van der Waals surface area contributed by atoms with E-state index in [0.717, 1.165) is 47.2 Å². The fourth-order valence-electron chi connectivity index (χ4n) is 3.58. The lowest BCUT2D eigenvalue weighted by molar-refractivity contribution is 0.210. The minimum Gasteiger partial charge on any atom is -0.490 e. The average molecular weight is 448 g/mol. The number of hydrogen-bond donors (Lipinski definition) is 0. The third-order valence-corrected chi connectivity index (χ3v) is 6.86. The quantitative estimate of drug-likeness (QED) is 0.369. The molecule has 1 aliphatic rings. The molecule has 0 spiro atoms. The van der Waals surface area contributed by atoms with E-state index in [2.05, 4.69) is 33.8 Å². The fraction of sp³-hybridized carbons (Fsp3) is 0.364. The van der Waals surface area contributed by atoms with Crippen LogP contribution in [0.2, 0.25) is 10.0 Å². The lowest BCUT2D eigenvalue weighted by atomic mass is 10.2. The van der Waals surface area contributed by atoms with E-state index in [1.807, 2.05) is 30.3 Å². The largest absolute Gasteiger partial charge is 0.490 e. The minimum absolute atomic E-state index is 0.361. The van der Waals surface area contributed by atoms with Gasteiger partial charge in [-0.1, -0.05) is 41.0 Å². The molecule has 152 valence electrons. The highest BCUT2D eigenvalue weighted by Crippen LogP contribution is 2.33. The summed E-state index contributed by atoms with van der Waals surface area (Å²) >= 11 is 14.2.